The molecule has 1 aliphatic rings. The molecule has 0 saturated carbocycles. The van der Waals surface area contributed by atoms with Gasteiger partial charge in [-0.3, -0.25) is 14.4 Å². The molecule has 1 aromatic rings. The Hall–Kier alpha value is -3.46. The van der Waals surface area contributed by atoms with Crippen molar-refractivity contribution < 1.29 is 64.9 Å². The number of ketones is 2. The second kappa shape index (κ2) is 15.7. The Kier molecular flexibility index (Phi) is 13.0. The van der Waals surface area contributed by atoms with Gasteiger partial charge in [0.2, 0.25) is 40.7 Å². The maximum absolute atomic E-state index is 13.7. The molecule has 0 spiro atoms. The number of ether oxygens (including phenoxy) is 4. The second-order valence-corrected chi connectivity index (χ2v) is 9.91. The molecule has 10 nitrogen and oxygen atoms in total. The fourth-order valence-electron chi connectivity index (χ4n) is 4.65. The largest absolute Gasteiger partial charge is 0.463 e. The summed E-state index contributed by atoms with van der Waals surface area (Å²) in [7, 11) is 0. The van der Waals surface area contributed by atoms with Crippen LogP contribution in [0.5, 0.6) is 5.75 Å². The maximum atomic E-state index is 13.7. The van der Waals surface area contributed by atoms with E-state index in [9.17, 15) is 45.9 Å². The molecule has 1 heterocycles. The number of esters is 2. The van der Waals surface area contributed by atoms with Crippen molar-refractivity contribution in [2.24, 2.45) is 11.8 Å². The molecule has 1 aromatic carbocycles. The third-order valence-corrected chi connectivity index (χ3v) is 6.40. The first kappa shape index (κ1) is 34.7. The van der Waals surface area contributed by atoms with Crippen LogP contribution >= 0.6 is 0 Å². The normalized spacial score (nSPS) is 21.9. The number of halogens is 5. The maximum Gasteiger partial charge on any atom is 0.311 e. The Labute approximate surface area is 238 Å². The van der Waals surface area contributed by atoms with E-state index in [-0.39, 0.29) is 50.5 Å². The molecule has 0 radical (unpaired) electrons. The van der Waals surface area contributed by atoms with Crippen LogP contribution in [0.25, 0.3) is 0 Å². The summed E-state index contributed by atoms with van der Waals surface area (Å²) in [5.41, 5.74) is 0. The molecule has 1 saturated heterocycles. The fraction of sp³-hybridized carbons (Fsp3) is 0.593. The molecule has 0 unspecified atom stereocenters. The Morgan fingerprint density at radius 3 is 1.86 bits per heavy atom. The zero-order valence-electron chi connectivity index (χ0n) is 23.4. The summed E-state index contributed by atoms with van der Waals surface area (Å²) in [6, 6.07) is -0.886. The summed E-state index contributed by atoms with van der Waals surface area (Å²) in [5.74, 6) is -17.2. The van der Waals surface area contributed by atoms with Crippen molar-refractivity contribution >= 4 is 29.4 Å². The lowest BCUT2D eigenvalue weighted by atomic mass is 9.74. The van der Waals surface area contributed by atoms with Crippen molar-refractivity contribution in [2.45, 2.75) is 78.2 Å². The quantitative estimate of drug-likeness (QED) is 0.0841. The van der Waals surface area contributed by atoms with Gasteiger partial charge in [-0.25, -0.2) is 13.2 Å². The molecule has 2 rings (SSSR count). The van der Waals surface area contributed by atoms with Gasteiger partial charge in [0, 0.05) is 45.6 Å². The van der Waals surface area contributed by atoms with E-state index in [0.717, 1.165) is 0 Å². The number of nitrogens with one attached hydrogen (secondary N) is 1. The Morgan fingerprint density at radius 2 is 1.33 bits per heavy atom. The van der Waals surface area contributed by atoms with Crippen molar-refractivity contribution in [3.05, 3.63) is 29.1 Å². The summed E-state index contributed by atoms with van der Waals surface area (Å²) >= 11 is 0. The molecule has 1 aliphatic heterocycles. The number of carbonyl (C=O) groups is 5. The summed E-state index contributed by atoms with van der Waals surface area (Å²) in [4.78, 5) is 59.6. The highest BCUT2D eigenvalue weighted by molar-refractivity contribution is 5.78. The molecule has 1 fully saturated rings. The molecule has 15 heteroatoms. The Morgan fingerprint density at radius 1 is 0.786 bits per heavy atom. The third kappa shape index (κ3) is 9.54. The minimum atomic E-state index is -2.39. The lowest BCUT2D eigenvalue weighted by molar-refractivity contribution is -0.249. The topological polar surface area (TPSA) is 134 Å². The molecule has 1 N–H and O–H groups in total. The monoisotopic (exact) mass is 609 g/mol. The SMILES string of the molecule is CC(=O)C[C@@H]1[C@H](CC(C)=O)[C@@H](NC(C)=O)[C@H](OCCCCC(=O)Oc2c(F)c(F)c(F)c(F)c2F)O[C@@H]1COC(C)=O. The highest BCUT2D eigenvalue weighted by atomic mass is 19.2. The number of Topliss-reactive ketones (excluding diaryl/α,β-unsaturated/α-hetero) is 2. The number of carbonyl (C=O) groups excluding carboxylic acids is 5. The van der Waals surface area contributed by atoms with E-state index in [2.05, 4.69) is 10.1 Å². The third-order valence-electron chi connectivity index (χ3n) is 6.40. The average molecular weight is 610 g/mol. The van der Waals surface area contributed by atoms with E-state index >= 15 is 0 Å². The predicted octanol–water partition coefficient (Wildman–Crippen LogP) is 3.46. The molecule has 0 bridgehead atoms. The first-order valence-electron chi connectivity index (χ1n) is 13.0. The Balaban J connectivity index is 2.10. The smallest absolute Gasteiger partial charge is 0.311 e. The van der Waals surface area contributed by atoms with Crippen LogP contribution in [0.3, 0.4) is 0 Å². The summed E-state index contributed by atoms with van der Waals surface area (Å²) in [5, 5.41) is 2.69. The number of hydrogen-bond donors (Lipinski definition) is 1. The minimum absolute atomic E-state index is 0.00747. The van der Waals surface area contributed by atoms with E-state index in [4.69, 9.17) is 14.2 Å². The summed E-state index contributed by atoms with van der Waals surface area (Å²) in [6.07, 6.45) is -2.49. The van der Waals surface area contributed by atoms with Crippen molar-refractivity contribution in [2.75, 3.05) is 13.2 Å². The van der Waals surface area contributed by atoms with E-state index in [1.54, 1.807) is 0 Å². The van der Waals surface area contributed by atoms with E-state index < -0.39 is 89.4 Å². The molecular weight excluding hydrogens is 577 g/mol. The average Bonchev–Trinajstić information content (AvgIpc) is 2.89. The van der Waals surface area contributed by atoms with Gasteiger partial charge in [0.1, 0.15) is 18.2 Å². The second-order valence-electron chi connectivity index (χ2n) is 9.91. The van der Waals surface area contributed by atoms with Crippen LogP contribution in [0.2, 0.25) is 0 Å². The molecular formula is C27H32F5NO9. The summed E-state index contributed by atoms with van der Waals surface area (Å²) in [6.45, 7) is 4.75. The molecule has 234 valence electrons. The molecule has 42 heavy (non-hydrogen) atoms. The fourth-order valence-corrected chi connectivity index (χ4v) is 4.65. The standard InChI is InChI=1S/C27H32F5NO9/c1-12(34)9-16-17(10-13(2)35)25(33-14(3)36)27(41-18(16)11-40-15(4)37)39-8-6-5-7-19(38)42-26-23(31)21(29)20(28)22(30)24(26)32/h16-18,25,27H,5-11H2,1-4H3,(H,33,36)/t16-,17+,18-,25-,27-/m1/s1. The van der Waals surface area contributed by atoms with Crippen molar-refractivity contribution in [3.8, 4) is 5.75 Å². The molecule has 0 aromatic heterocycles. The van der Waals surface area contributed by atoms with Crippen LogP contribution in [-0.2, 0) is 38.2 Å². The van der Waals surface area contributed by atoms with Gasteiger partial charge >= 0.3 is 11.9 Å². The zero-order chi connectivity index (χ0) is 31.7. The van der Waals surface area contributed by atoms with Crippen LogP contribution in [0.15, 0.2) is 0 Å². The molecule has 5 atom stereocenters. The van der Waals surface area contributed by atoms with Crippen molar-refractivity contribution in [1.29, 1.82) is 0 Å². The van der Waals surface area contributed by atoms with E-state index in [0.29, 0.717) is 0 Å². The number of hydrogen-bond acceptors (Lipinski definition) is 9. The van der Waals surface area contributed by atoms with Gasteiger partial charge in [0.05, 0.1) is 12.1 Å². The van der Waals surface area contributed by atoms with Crippen LogP contribution in [-0.4, -0.2) is 61.1 Å². The number of unbranched alkanes of at least 4 members (excludes halogenated alkanes) is 1. The van der Waals surface area contributed by atoms with Crippen LogP contribution in [0.4, 0.5) is 22.0 Å². The molecule has 0 aliphatic carbocycles. The Bertz CT molecular complexity index is 1170. The van der Waals surface area contributed by atoms with Gasteiger partial charge in [-0.2, -0.15) is 8.78 Å². The summed E-state index contributed by atoms with van der Waals surface area (Å²) < 4.78 is 88.5. The van der Waals surface area contributed by atoms with Gasteiger partial charge in [0.15, 0.2) is 6.29 Å². The van der Waals surface area contributed by atoms with Gasteiger partial charge in [-0.05, 0) is 32.6 Å². The first-order valence-corrected chi connectivity index (χ1v) is 13.0. The van der Waals surface area contributed by atoms with Crippen molar-refractivity contribution in [3.63, 3.8) is 0 Å². The van der Waals surface area contributed by atoms with Crippen molar-refractivity contribution in [1.82, 2.24) is 5.32 Å². The van der Waals surface area contributed by atoms with E-state index in [1.807, 2.05) is 0 Å². The van der Waals surface area contributed by atoms with E-state index in [1.165, 1.54) is 27.7 Å². The predicted molar refractivity (Wildman–Crippen MR) is 132 cm³/mol. The zero-order valence-corrected chi connectivity index (χ0v) is 23.4. The highest BCUT2D eigenvalue weighted by Gasteiger charge is 2.47. The lowest BCUT2D eigenvalue weighted by Crippen LogP contribution is -2.60. The van der Waals surface area contributed by atoms with Gasteiger partial charge in [-0.15, -0.1) is 0 Å². The minimum Gasteiger partial charge on any atom is -0.463 e. The highest BCUT2D eigenvalue weighted by Crippen LogP contribution is 2.37. The number of amides is 1. The van der Waals surface area contributed by atoms with Gasteiger partial charge in [-0.1, -0.05) is 0 Å². The first-order chi connectivity index (χ1) is 19.6. The van der Waals surface area contributed by atoms with Gasteiger partial charge in [0.25, 0.3) is 0 Å². The van der Waals surface area contributed by atoms with Crippen LogP contribution in [0, 0.1) is 40.9 Å². The molecule has 1 amide bonds. The van der Waals surface area contributed by atoms with Crippen LogP contribution < -0.4 is 10.1 Å². The number of benzene rings is 1. The number of rotatable bonds is 14. The van der Waals surface area contributed by atoms with Gasteiger partial charge < -0.3 is 33.9 Å². The van der Waals surface area contributed by atoms with Crippen LogP contribution in [0.1, 0.15) is 59.8 Å². The lowest BCUT2D eigenvalue weighted by Gasteiger charge is -2.46.